The molecule has 0 saturated heterocycles. The number of rotatable bonds is 5. The van der Waals surface area contributed by atoms with Crippen molar-refractivity contribution < 1.29 is 14.7 Å². The van der Waals surface area contributed by atoms with Crippen molar-refractivity contribution in [2.75, 3.05) is 0 Å². The van der Waals surface area contributed by atoms with Gasteiger partial charge in [-0.15, -0.1) is 0 Å². The molecule has 0 aliphatic heterocycles. The third kappa shape index (κ3) is 3.58. The molecule has 4 fully saturated rings. The zero-order valence-electron chi connectivity index (χ0n) is 20.5. The normalized spacial score (nSPS) is 49.5. The van der Waals surface area contributed by atoms with E-state index in [0.29, 0.717) is 48.1 Å². The first-order chi connectivity index (χ1) is 14.6. The van der Waals surface area contributed by atoms with E-state index >= 15 is 4.39 Å². The third-order valence-corrected chi connectivity index (χ3v) is 10.9. The summed E-state index contributed by atoms with van der Waals surface area (Å²) in [5.41, 5.74) is -1.51. The first kappa shape index (κ1) is 23.5. The van der Waals surface area contributed by atoms with Gasteiger partial charge in [-0.05, 0) is 85.9 Å². The fraction of sp³-hybridized carbons (Fsp3) is 0.963. The van der Waals surface area contributed by atoms with E-state index in [2.05, 4.69) is 39.8 Å². The minimum absolute atomic E-state index is 0.101. The Morgan fingerprint density at radius 1 is 1.03 bits per heavy atom. The lowest BCUT2D eigenvalue weighted by molar-refractivity contribution is -0.140. The summed E-state index contributed by atoms with van der Waals surface area (Å²) in [5, 5.41) is 23.6. The molecule has 4 heteroatoms. The number of nitrogens with zero attached hydrogens (tertiary/aromatic N) is 1. The molecule has 0 radical (unpaired) electrons. The number of alkyl halides is 1. The summed E-state index contributed by atoms with van der Waals surface area (Å²) in [6, 6.07) is 0. The van der Waals surface area contributed by atoms with Crippen LogP contribution in [-0.4, -0.2) is 27.8 Å². The summed E-state index contributed by atoms with van der Waals surface area (Å²) < 4.78 is 16.5. The van der Waals surface area contributed by atoms with Crippen molar-refractivity contribution in [3.05, 3.63) is 0 Å². The van der Waals surface area contributed by atoms with Gasteiger partial charge in [-0.25, -0.2) is 4.39 Å². The van der Waals surface area contributed by atoms with Crippen LogP contribution in [0.25, 0.3) is 0 Å². The molecule has 4 aliphatic carbocycles. The van der Waals surface area contributed by atoms with Gasteiger partial charge in [0.2, 0.25) is 0 Å². The summed E-state index contributed by atoms with van der Waals surface area (Å²) in [5.74, 6) is 3.65. The summed E-state index contributed by atoms with van der Waals surface area (Å²) >= 11 is 0. The third-order valence-electron chi connectivity index (χ3n) is 10.9. The minimum Gasteiger partial charge on any atom is -0.411 e. The Bertz CT molecular complexity index is 695. The molecule has 0 aromatic carbocycles. The highest BCUT2D eigenvalue weighted by atomic mass is 19.1. The SMILES string of the molecule is CC(C)CCC[C@@H](C)[C@H]1CC[C@H]2[C@@H]3C/C(=N\O)[C@@]4(F)C[C@@H](O)CC[C@]4(C)[C@H]3CC[C@]12C. The molecule has 4 rings (SSSR count). The highest BCUT2D eigenvalue weighted by molar-refractivity contribution is 5.94. The topological polar surface area (TPSA) is 52.8 Å². The molecule has 0 spiro atoms. The Morgan fingerprint density at radius 2 is 1.77 bits per heavy atom. The van der Waals surface area contributed by atoms with Gasteiger partial charge in [0.15, 0.2) is 5.67 Å². The van der Waals surface area contributed by atoms with Crippen molar-refractivity contribution in [3.63, 3.8) is 0 Å². The average Bonchev–Trinajstić information content (AvgIpc) is 3.05. The molecule has 178 valence electrons. The van der Waals surface area contributed by atoms with E-state index in [1.165, 1.54) is 38.5 Å². The predicted molar refractivity (Wildman–Crippen MR) is 124 cm³/mol. The van der Waals surface area contributed by atoms with E-state index in [1.807, 2.05) is 0 Å². The van der Waals surface area contributed by atoms with Gasteiger partial charge in [0.25, 0.3) is 0 Å². The van der Waals surface area contributed by atoms with Gasteiger partial charge >= 0.3 is 0 Å². The first-order valence-corrected chi connectivity index (χ1v) is 13.1. The van der Waals surface area contributed by atoms with Crippen LogP contribution in [0.5, 0.6) is 0 Å². The highest BCUT2D eigenvalue weighted by Gasteiger charge is 2.68. The second-order valence-corrected chi connectivity index (χ2v) is 12.8. The number of hydrogen-bond donors (Lipinski definition) is 2. The van der Waals surface area contributed by atoms with E-state index in [-0.39, 0.29) is 6.42 Å². The number of aliphatic hydroxyl groups is 1. The number of oxime groups is 1. The second kappa shape index (κ2) is 8.29. The van der Waals surface area contributed by atoms with E-state index in [9.17, 15) is 10.3 Å². The number of halogens is 1. The quantitative estimate of drug-likeness (QED) is 0.361. The lowest BCUT2D eigenvalue weighted by Crippen LogP contribution is -2.65. The Labute approximate surface area is 189 Å². The molecule has 0 unspecified atom stereocenters. The van der Waals surface area contributed by atoms with Gasteiger partial charge in [-0.2, -0.15) is 0 Å². The highest BCUT2D eigenvalue weighted by Crippen LogP contribution is 2.69. The van der Waals surface area contributed by atoms with Gasteiger partial charge in [0.05, 0.1) is 11.8 Å². The monoisotopic (exact) mass is 435 g/mol. The first-order valence-electron chi connectivity index (χ1n) is 13.1. The molecule has 4 aliphatic rings. The van der Waals surface area contributed by atoms with Gasteiger partial charge in [0.1, 0.15) is 0 Å². The van der Waals surface area contributed by atoms with Crippen LogP contribution in [0, 0.1) is 46.3 Å². The zero-order chi connectivity index (χ0) is 22.6. The molecular formula is C27H46FNO2. The van der Waals surface area contributed by atoms with Crippen LogP contribution in [0.3, 0.4) is 0 Å². The van der Waals surface area contributed by atoms with Crippen LogP contribution in [-0.2, 0) is 0 Å². The predicted octanol–water partition coefficient (Wildman–Crippen LogP) is 7.00. The molecular weight excluding hydrogens is 389 g/mol. The lowest BCUT2D eigenvalue weighted by atomic mass is 9.43. The Hall–Kier alpha value is -0.640. The fourth-order valence-electron chi connectivity index (χ4n) is 9.14. The number of fused-ring (bicyclic) bond motifs is 5. The molecule has 0 heterocycles. The maximum Gasteiger partial charge on any atom is 0.160 e. The summed E-state index contributed by atoms with van der Waals surface area (Å²) in [7, 11) is 0. The van der Waals surface area contributed by atoms with Crippen LogP contribution < -0.4 is 0 Å². The van der Waals surface area contributed by atoms with Crippen LogP contribution in [0.2, 0.25) is 0 Å². The van der Waals surface area contributed by atoms with E-state index in [4.69, 9.17) is 0 Å². The Balaban J connectivity index is 1.57. The van der Waals surface area contributed by atoms with Gasteiger partial charge in [-0.1, -0.05) is 59.0 Å². The molecule has 9 atom stereocenters. The maximum absolute atomic E-state index is 16.5. The second-order valence-electron chi connectivity index (χ2n) is 12.8. The van der Waals surface area contributed by atoms with Crippen molar-refractivity contribution in [3.8, 4) is 0 Å². The number of aliphatic hydroxyl groups excluding tert-OH is 1. The lowest BCUT2D eigenvalue weighted by Gasteiger charge is -2.62. The summed E-state index contributed by atoms with van der Waals surface area (Å²) in [6.45, 7) is 11.7. The molecule has 0 aromatic heterocycles. The minimum atomic E-state index is -1.66. The molecule has 31 heavy (non-hydrogen) atoms. The standard InChI is InChI=1S/C27H46FNO2/c1-17(2)7-6-8-18(3)21-9-10-22-20-15-24(29-31)27(28)16-19(30)11-14-26(27,5)23(20)12-13-25(21,22)4/h17-23,30-31H,6-16H2,1-5H3/b29-24+/t18-,19+,20+,21-,22+,23+,25-,26-,27+/m1/s1. The summed E-state index contributed by atoms with van der Waals surface area (Å²) in [4.78, 5) is 0. The van der Waals surface area contributed by atoms with E-state index in [1.54, 1.807) is 0 Å². The number of hydrogen-bond acceptors (Lipinski definition) is 3. The van der Waals surface area contributed by atoms with Crippen molar-refractivity contribution >= 4 is 5.71 Å². The van der Waals surface area contributed by atoms with Crippen molar-refractivity contribution in [2.45, 2.75) is 117 Å². The van der Waals surface area contributed by atoms with E-state index < -0.39 is 17.2 Å². The average molecular weight is 436 g/mol. The zero-order valence-corrected chi connectivity index (χ0v) is 20.5. The molecule has 0 amide bonds. The molecule has 0 aromatic rings. The maximum atomic E-state index is 16.5. The molecule has 2 N–H and O–H groups in total. The van der Waals surface area contributed by atoms with Crippen LogP contribution >= 0.6 is 0 Å². The fourth-order valence-corrected chi connectivity index (χ4v) is 9.14. The smallest absolute Gasteiger partial charge is 0.160 e. The van der Waals surface area contributed by atoms with E-state index in [0.717, 1.165) is 24.2 Å². The van der Waals surface area contributed by atoms with Crippen molar-refractivity contribution in [1.29, 1.82) is 0 Å². The molecule has 3 nitrogen and oxygen atoms in total. The van der Waals surface area contributed by atoms with Gasteiger partial charge in [0, 0.05) is 11.8 Å². The summed E-state index contributed by atoms with van der Waals surface area (Å²) in [6.07, 6.45) is 10.2. The molecule has 4 saturated carbocycles. The Morgan fingerprint density at radius 3 is 2.45 bits per heavy atom. The van der Waals surface area contributed by atoms with Gasteiger partial charge < -0.3 is 10.3 Å². The van der Waals surface area contributed by atoms with Crippen molar-refractivity contribution in [1.82, 2.24) is 0 Å². The van der Waals surface area contributed by atoms with Gasteiger partial charge in [-0.3, -0.25) is 0 Å². The van der Waals surface area contributed by atoms with Crippen LogP contribution in [0.15, 0.2) is 5.16 Å². The Kier molecular flexibility index (Phi) is 6.29. The largest absolute Gasteiger partial charge is 0.411 e. The van der Waals surface area contributed by atoms with Crippen molar-refractivity contribution in [2.24, 2.45) is 51.5 Å². The molecule has 0 bridgehead atoms. The van der Waals surface area contributed by atoms with Crippen LogP contribution in [0.4, 0.5) is 4.39 Å². The van der Waals surface area contributed by atoms with Crippen LogP contribution in [0.1, 0.15) is 105 Å².